The number of benzene rings is 2. The first-order valence-corrected chi connectivity index (χ1v) is 13.0. The predicted molar refractivity (Wildman–Crippen MR) is 136 cm³/mol. The number of Topliss-reactive ketones (excluding diaryl/α,β-unsaturated/α-hetero) is 1. The number of anilines is 1. The molecule has 0 saturated carbocycles. The number of nitrogens with one attached hydrogen (secondary N) is 1. The lowest BCUT2D eigenvalue weighted by Gasteiger charge is -2.41. The van der Waals surface area contributed by atoms with Gasteiger partial charge >= 0.3 is 0 Å². The molecule has 0 aliphatic carbocycles. The molecule has 182 valence electrons. The van der Waals surface area contributed by atoms with Gasteiger partial charge in [-0.1, -0.05) is 62.2 Å². The summed E-state index contributed by atoms with van der Waals surface area (Å²) in [5.74, 6) is 1.25. The highest BCUT2D eigenvalue weighted by atomic mass is 16.5. The Morgan fingerprint density at radius 3 is 2.56 bits per heavy atom. The number of nitrogens with zero attached hydrogens (tertiary/aromatic N) is 1. The fourth-order valence-corrected chi connectivity index (χ4v) is 5.39. The highest BCUT2D eigenvalue weighted by molar-refractivity contribution is 5.95. The molecule has 1 saturated heterocycles. The number of hydrogen-bond acceptors (Lipinski definition) is 4. The maximum absolute atomic E-state index is 13.4. The number of fused-ring (bicyclic) bond motifs is 1. The van der Waals surface area contributed by atoms with Gasteiger partial charge in [0.25, 0.3) is 0 Å². The summed E-state index contributed by atoms with van der Waals surface area (Å²) >= 11 is 0. The molecule has 2 aliphatic rings. The van der Waals surface area contributed by atoms with E-state index in [-0.39, 0.29) is 11.3 Å². The van der Waals surface area contributed by atoms with Crippen LogP contribution in [0.5, 0.6) is 5.75 Å². The van der Waals surface area contributed by atoms with E-state index in [9.17, 15) is 9.59 Å². The molecule has 2 heterocycles. The van der Waals surface area contributed by atoms with E-state index >= 15 is 0 Å². The Morgan fingerprint density at radius 2 is 1.79 bits per heavy atom. The van der Waals surface area contributed by atoms with Crippen LogP contribution in [0.4, 0.5) is 5.69 Å². The number of hydrogen-bond donors (Lipinski definition) is 1. The van der Waals surface area contributed by atoms with Crippen LogP contribution in [0.2, 0.25) is 0 Å². The summed E-state index contributed by atoms with van der Waals surface area (Å²) in [7, 11) is 0. The first kappa shape index (κ1) is 24.5. The molecule has 0 radical (unpaired) electrons. The van der Waals surface area contributed by atoms with Gasteiger partial charge < -0.3 is 15.0 Å². The molecule has 34 heavy (non-hydrogen) atoms. The average Bonchev–Trinajstić information content (AvgIpc) is 2.87. The van der Waals surface area contributed by atoms with Crippen molar-refractivity contribution in [3.8, 4) is 5.75 Å². The van der Waals surface area contributed by atoms with Crippen LogP contribution in [0.25, 0.3) is 0 Å². The van der Waals surface area contributed by atoms with E-state index in [1.54, 1.807) is 0 Å². The van der Waals surface area contributed by atoms with Crippen LogP contribution in [-0.4, -0.2) is 42.8 Å². The molecule has 0 bridgehead atoms. The van der Waals surface area contributed by atoms with Crippen LogP contribution in [0.1, 0.15) is 69.4 Å². The van der Waals surface area contributed by atoms with Crippen LogP contribution in [0, 0.1) is 0 Å². The molecule has 2 aromatic rings. The number of ether oxygens (including phenoxy) is 1. The third kappa shape index (κ3) is 5.69. The van der Waals surface area contributed by atoms with E-state index in [1.165, 1.54) is 5.56 Å². The van der Waals surface area contributed by atoms with Crippen molar-refractivity contribution >= 4 is 17.4 Å². The van der Waals surface area contributed by atoms with Crippen LogP contribution in [-0.2, 0) is 21.4 Å². The van der Waals surface area contributed by atoms with Gasteiger partial charge in [0.1, 0.15) is 11.5 Å². The molecule has 0 aromatic heterocycles. The highest BCUT2D eigenvalue weighted by Gasteiger charge is 2.41. The average molecular weight is 463 g/mol. The topological polar surface area (TPSA) is 58.6 Å². The first-order valence-electron chi connectivity index (χ1n) is 13.0. The van der Waals surface area contributed by atoms with Crippen molar-refractivity contribution in [1.82, 2.24) is 4.90 Å². The summed E-state index contributed by atoms with van der Waals surface area (Å²) in [4.78, 5) is 27.6. The fraction of sp³-hybridized carbons (Fsp3) is 0.517. The Kier molecular flexibility index (Phi) is 8.39. The van der Waals surface area contributed by atoms with Gasteiger partial charge in [0, 0.05) is 19.4 Å². The summed E-state index contributed by atoms with van der Waals surface area (Å²) in [6.07, 6.45) is 7.95. The zero-order chi connectivity index (χ0) is 23.8. The van der Waals surface area contributed by atoms with Gasteiger partial charge in [-0.25, -0.2) is 0 Å². The number of aryl methyl sites for hydroxylation is 1. The van der Waals surface area contributed by atoms with Crippen molar-refractivity contribution in [2.45, 2.75) is 70.1 Å². The summed E-state index contributed by atoms with van der Waals surface area (Å²) in [5.41, 5.74) is 2.85. The number of unbranched alkanes of at least 4 members (excludes halogenated alkanes) is 2. The van der Waals surface area contributed by atoms with Crippen LogP contribution >= 0.6 is 0 Å². The van der Waals surface area contributed by atoms with Gasteiger partial charge in [-0.05, 0) is 62.4 Å². The van der Waals surface area contributed by atoms with E-state index in [0.717, 1.165) is 81.6 Å². The van der Waals surface area contributed by atoms with E-state index < -0.39 is 0 Å². The predicted octanol–water partition coefficient (Wildman–Crippen LogP) is 5.52. The van der Waals surface area contributed by atoms with Gasteiger partial charge in [0.2, 0.25) is 5.91 Å². The largest absolute Gasteiger partial charge is 0.491 e. The number of amides is 1. The van der Waals surface area contributed by atoms with Gasteiger partial charge in [0.15, 0.2) is 0 Å². The Hall–Kier alpha value is -2.66. The lowest BCUT2D eigenvalue weighted by molar-refractivity contribution is -0.126. The maximum atomic E-state index is 13.4. The van der Waals surface area contributed by atoms with Gasteiger partial charge in [-0.2, -0.15) is 0 Å². The smallest absolute Gasteiger partial charge is 0.224 e. The Balaban J connectivity index is 1.29. The lowest BCUT2D eigenvalue weighted by Crippen LogP contribution is -2.47. The highest BCUT2D eigenvalue weighted by Crippen LogP contribution is 2.38. The van der Waals surface area contributed by atoms with Crippen molar-refractivity contribution in [2.75, 3.05) is 31.6 Å². The van der Waals surface area contributed by atoms with Crippen molar-refractivity contribution < 1.29 is 14.3 Å². The molecule has 4 rings (SSSR count). The van der Waals surface area contributed by atoms with Crippen molar-refractivity contribution in [2.24, 2.45) is 0 Å². The van der Waals surface area contributed by atoms with E-state index in [1.807, 2.05) is 18.2 Å². The number of likely N-dealkylation sites (tertiary alicyclic amines) is 1. The van der Waals surface area contributed by atoms with Gasteiger partial charge in [-0.15, -0.1) is 0 Å². The lowest BCUT2D eigenvalue weighted by atomic mass is 9.68. The minimum absolute atomic E-state index is 0.0583. The Labute approximate surface area is 203 Å². The minimum atomic E-state index is -0.330. The number of para-hydroxylation sites is 1. The second-order valence-electron chi connectivity index (χ2n) is 9.71. The van der Waals surface area contributed by atoms with E-state index in [4.69, 9.17) is 4.74 Å². The summed E-state index contributed by atoms with van der Waals surface area (Å²) < 4.78 is 6.05. The molecule has 0 spiro atoms. The van der Waals surface area contributed by atoms with Crippen LogP contribution in [0.15, 0.2) is 48.5 Å². The Morgan fingerprint density at radius 1 is 1.00 bits per heavy atom. The SMILES string of the molecule is CCCCCC(=O)C1(c2ccccc2)CCN(CCCOc2cccc3c2NC(=O)CC3)CC1. The molecule has 2 aromatic carbocycles. The molecule has 1 amide bonds. The zero-order valence-corrected chi connectivity index (χ0v) is 20.5. The summed E-state index contributed by atoms with van der Waals surface area (Å²) in [5, 5.41) is 2.97. The van der Waals surface area contributed by atoms with Crippen molar-refractivity contribution in [3.05, 3.63) is 59.7 Å². The molecule has 0 atom stereocenters. The second kappa shape index (κ2) is 11.7. The fourth-order valence-electron chi connectivity index (χ4n) is 5.39. The van der Waals surface area contributed by atoms with Gasteiger partial charge in [0.05, 0.1) is 17.7 Å². The number of piperidine rings is 1. The van der Waals surface area contributed by atoms with E-state index in [2.05, 4.69) is 47.5 Å². The van der Waals surface area contributed by atoms with Crippen molar-refractivity contribution in [3.63, 3.8) is 0 Å². The zero-order valence-electron chi connectivity index (χ0n) is 20.5. The number of ketones is 1. The summed E-state index contributed by atoms with van der Waals surface area (Å²) in [6, 6.07) is 16.4. The second-order valence-corrected chi connectivity index (χ2v) is 9.71. The molecule has 1 fully saturated rings. The molecule has 5 heteroatoms. The quantitative estimate of drug-likeness (QED) is 0.447. The minimum Gasteiger partial charge on any atom is -0.491 e. The molecule has 1 N–H and O–H groups in total. The monoisotopic (exact) mass is 462 g/mol. The normalized spacial score (nSPS) is 17.6. The molecular formula is C29H38N2O3. The number of carbonyl (C=O) groups is 2. The molecule has 0 unspecified atom stereocenters. The van der Waals surface area contributed by atoms with Crippen molar-refractivity contribution in [1.29, 1.82) is 0 Å². The summed E-state index contributed by atoms with van der Waals surface area (Å²) in [6.45, 7) is 5.62. The molecule has 2 aliphatic heterocycles. The third-order valence-electron chi connectivity index (χ3n) is 7.45. The van der Waals surface area contributed by atoms with Crippen LogP contribution < -0.4 is 10.1 Å². The molecule has 5 nitrogen and oxygen atoms in total. The third-order valence-corrected chi connectivity index (χ3v) is 7.45. The van der Waals surface area contributed by atoms with E-state index in [0.29, 0.717) is 25.2 Å². The number of carbonyl (C=O) groups excluding carboxylic acids is 2. The first-order chi connectivity index (χ1) is 16.6. The Bertz CT molecular complexity index is 965. The van der Waals surface area contributed by atoms with Crippen LogP contribution in [0.3, 0.4) is 0 Å². The van der Waals surface area contributed by atoms with Gasteiger partial charge in [-0.3, -0.25) is 9.59 Å². The standard InChI is InChI=1S/C29H38N2O3/c1-2-3-5-14-26(32)29(24-11-6-4-7-12-24)17-20-31(21-18-29)19-9-22-34-25-13-8-10-23-15-16-27(33)30-28(23)25/h4,6-8,10-13H,2-3,5,9,14-22H2,1H3,(H,30,33). The molecular weight excluding hydrogens is 424 g/mol. The number of rotatable bonds is 11. The maximum Gasteiger partial charge on any atom is 0.224 e.